The van der Waals surface area contributed by atoms with Crippen LogP contribution in [0.15, 0.2) is 0 Å². The summed E-state index contributed by atoms with van der Waals surface area (Å²) in [5.74, 6) is 0.266. The van der Waals surface area contributed by atoms with Crippen LogP contribution in [0.1, 0.15) is 33.1 Å². The summed E-state index contributed by atoms with van der Waals surface area (Å²) in [7, 11) is 0. The smallest absolute Gasteiger partial charge is 0.228 e. The van der Waals surface area contributed by atoms with Crippen LogP contribution in [-0.4, -0.2) is 60.6 Å². The molecule has 112 valence electrons. The van der Waals surface area contributed by atoms with Gasteiger partial charge in [-0.25, -0.2) is 0 Å². The van der Waals surface area contributed by atoms with Crippen LogP contribution in [0.5, 0.6) is 0 Å². The molecule has 2 saturated heterocycles. The molecule has 2 heterocycles. The van der Waals surface area contributed by atoms with Crippen LogP contribution in [0.4, 0.5) is 0 Å². The van der Waals surface area contributed by atoms with Gasteiger partial charge in [-0.15, -0.1) is 0 Å². The molecule has 5 heteroatoms. The third-order valence-electron chi connectivity index (χ3n) is 4.47. The number of amides is 1. The predicted molar refractivity (Wildman–Crippen MR) is 76.0 cm³/mol. The molecule has 3 unspecified atom stereocenters. The fourth-order valence-corrected chi connectivity index (χ4v) is 3.15. The van der Waals surface area contributed by atoms with Crippen molar-refractivity contribution in [2.45, 2.75) is 45.3 Å². The minimum atomic E-state index is 0.00555. The fraction of sp³-hybridized carbons (Fsp3) is 0.867. The van der Waals surface area contributed by atoms with Crippen LogP contribution in [0.3, 0.4) is 0 Å². The quantitative estimate of drug-likeness (QED) is 0.777. The van der Waals surface area contributed by atoms with Crippen molar-refractivity contribution in [3.63, 3.8) is 0 Å². The first-order valence-electron chi connectivity index (χ1n) is 7.71. The Hall–Kier alpha value is -1.12. The van der Waals surface area contributed by atoms with Crippen LogP contribution in [-0.2, 0) is 9.53 Å². The van der Waals surface area contributed by atoms with E-state index in [-0.39, 0.29) is 24.0 Å². The highest BCUT2D eigenvalue weighted by Crippen LogP contribution is 2.23. The lowest BCUT2D eigenvalue weighted by molar-refractivity contribution is -0.139. The second kappa shape index (κ2) is 7.05. The Morgan fingerprint density at radius 2 is 2.10 bits per heavy atom. The molecule has 0 saturated carbocycles. The van der Waals surface area contributed by atoms with Crippen molar-refractivity contribution in [3.8, 4) is 6.07 Å². The van der Waals surface area contributed by atoms with E-state index in [1.165, 1.54) is 0 Å². The van der Waals surface area contributed by atoms with Crippen LogP contribution >= 0.6 is 0 Å². The Kier molecular flexibility index (Phi) is 5.38. The number of ether oxygens (including phenoxy) is 1. The molecule has 20 heavy (non-hydrogen) atoms. The first-order valence-corrected chi connectivity index (χ1v) is 7.71. The van der Waals surface area contributed by atoms with Gasteiger partial charge in [0.25, 0.3) is 0 Å². The van der Waals surface area contributed by atoms with E-state index in [2.05, 4.69) is 17.9 Å². The molecule has 2 aliphatic heterocycles. The molecule has 0 bridgehead atoms. The van der Waals surface area contributed by atoms with E-state index in [1.54, 1.807) is 0 Å². The second-order valence-electron chi connectivity index (χ2n) is 5.77. The Morgan fingerprint density at radius 1 is 1.40 bits per heavy atom. The van der Waals surface area contributed by atoms with Crippen molar-refractivity contribution >= 4 is 5.91 Å². The molecule has 1 amide bonds. The summed E-state index contributed by atoms with van der Waals surface area (Å²) in [4.78, 5) is 16.6. The van der Waals surface area contributed by atoms with Crippen molar-refractivity contribution in [2.24, 2.45) is 5.92 Å². The summed E-state index contributed by atoms with van der Waals surface area (Å²) in [5, 5.41) is 9.20. The number of piperazine rings is 1. The molecule has 5 nitrogen and oxygen atoms in total. The van der Waals surface area contributed by atoms with Gasteiger partial charge in [-0.05, 0) is 19.8 Å². The summed E-state index contributed by atoms with van der Waals surface area (Å²) in [6.07, 6.45) is 2.83. The number of nitrogens with zero attached hydrogens (tertiary/aromatic N) is 3. The number of rotatable bonds is 4. The van der Waals surface area contributed by atoms with Crippen LogP contribution in [0.25, 0.3) is 0 Å². The van der Waals surface area contributed by atoms with Crippen LogP contribution < -0.4 is 0 Å². The number of hydrogen-bond acceptors (Lipinski definition) is 4. The van der Waals surface area contributed by atoms with Gasteiger partial charge < -0.3 is 9.64 Å². The van der Waals surface area contributed by atoms with Gasteiger partial charge >= 0.3 is 0 Å². The maximum Gasteiger partial charge on any atom is 0.228 e. The Morgan fingerprint density at radius 3 is 2.60 bits per heavy atom. The minimum Gasteiger partial charge on any atom is -0.378 e. The molecular weight excluding hydrogens is 254 g/mol. The molecule has 0 aromatic heterocycles. The fourth-order valence-electron chi connectivity index (χ4n) is 3.15. The Labute approximate surface area is 121 Å². The largest absolute Gasteiger partial charge is 0.378 e. The van der Waals surface area contributed by atoms with E-state index >= 15 is 0 Å². The monoisotopic (exact) mass is 279 g/mol. The average molecular weight is 279 g/mol. The van der Waals surface area contributed by atoms with Crippen molar-refractivity contribution in [2.75, 3.05) is 32.8 Å². The zero-order valence-electron chi connectivity index (χ0n) is 12.5. The van der Waals surface area contributed by atoms with Gasteiger partial charge in [-0.1, -0.05) is 13.3 Å². The molecule has 3 atom stereocenters. The third-order valence-corrected chi connectivity index (χ3v) is 4.47. The van der Waals surface area contributed by atoms with Crippen molar-refractivity contribution < 1.29 is 9.53 Å². The summed E-state index contributed by atoms with van der Waals surface area (Å²) in [6, 6.07) is 2.39. The first-order chi connectivity index (χ1) is 9.67. The summed E-state index contributed by atoms with van der Waals surface area (Å²) >= 11 is 0. The average Bonchev–Trinajstić information content (AvgIpc) is 2.90. The van der Waals surface area contributed by atoms with E-state index in [1.807, 2.05) is 11.8 Å². The van der Waals surface area contributed by atoms with Crippen molar-refractivity contribution in [1.82, 2.24) is 9.80 Å². The van der Waals surface area contributed by atoms with Gasteiger partial charge in [0.15, 0.2) is 0 Å². The summed E-state index contributed by atoms with van der Waals surface area (Å²) in [5.41, 5.74) is 0. The number of nitriles is 1. The third kappa shape index (κ3) is 3.31. The van der Waals surface area contributed by atoms with E-state index in [0.717, 1.165) is 45.4 Å². The lowest BCUT2D eigenvalue weighted by Gasteiger charge is -2.38. The lowest BCUT2D eigenvalue weighted by Crippen LogP contribution is -2.53. The molecule has 0 aromatic rings. The normalized spacial score (nSPS) is 29.1. The van der Waals surface area contributed by atoms with E-state index in [4.69, 9.17) is 4.74 Å². The first kappa shape index (κ1) is 15.3. The summed E-state index contributed by atoms with van der Waals surface area (Å²) in [6.45, 7) is 7.89. The van der Waals surface area contributed by atoms with Crippen molar-refractivity contribution in [3.05, 3.63) is 0 Å². The molecular formula is C15H25N3O2. The number of carbonyl (C=O) groups is 1. The van der Waals surface area contributed by atoms with Crippen LogP contribution in [0.2, 0.25) is 0 Å². The predicted octanol–water partition coefficient (Wildman–Crippen LogP) is 1.25. The zero-order valence-corrected chi connectivity index (χ0v) is 12.5. The molecule has 0 spiro atoms. The SMILES string of the molecule is CCCC(C#N)N1CCN(C(=O)C2CCOC2C)CC1. The van der Waals surface area contributed by atoms with E-state index in [0.29, 0.717) is 6.61 Å². The second-order valence-corrected chi connectivity index (χ2v) is 5.77. The van der Waals surface area contributed by atoms with Gasteiger partial charge in [-0.3, -0.25) is 9.69 Å². The van der Waals surface area contributed by atoms with Gasteiger partial charge in [0.05, 0.1) is 24.1 Å². The maximum atomic E-state index is 12.4. The molecule has 2 fully saturated rings. The molecule has 2 aliphatic rings. The highest BCUT2D eigenvalue weighted by molar-refractivity contribution is 5.79. The van der Waals surface area contributed by atoms with Crippen molar-refractivity contribution in [1.29, 1.82) is 5.26 Å². The van der Waals surface area contributed by atoms with E-state index < -0.39 is 0 Å². The van der Waals surface area contributed by atoms with Gasteiger partial charge in [-0.2, -0.15) is 5.26 Å². The highest BCUT2D eigenvalue weighted by atomic mass is 16.5. The van der Waals surface area contributed by atoms with Gasteiger partial charge in [0.1, 0.15) is 0 Å². The molecule has 0 aromatic carbocycles. The zero-order chi connectivity index (χ0) is 14.5. The molecule has 0 aliphatic carbocycles. The Balaban J connectivity index is 1.85. The summed E-state index contributed by atoms with van der Waals surface area (Å²) < 4.78 is 5.49. The molecule has 0 N–H and O–H groups in total. The maximum absolute atomic E-state index is 12.4. The molecule has 2 rings (SSSR count). The van der Waals surface area contributed by atoms with Gasteiger partial charge in [0.2, 0.25) is 5.91 Å². The highest BCUT2D eigenvalue weighted by Gasteiger charge is 2.35. The lowest BCUT2D eigenvalue weighted by atomic mass is 10.0. The molecule has 0 radical (unpaired) electrons. The number of carbonyl (C=O) groups excluding carboxylic acids is 1. The standard InChI is InChI=1S/C15H25N3O2/c1-3-4-13(11-16)17-6-8-18(9-7-17)15(19)14-5-10-20-12(14)2/h12-14H,3-10H2,1-2H3. The number of hydrogen-bond donors (Lipinski definition) is 0. The van der Waals surface area contributed by atoms with E-state index in [9.17, 15) is 10.1 Å². The Bertz CT molecular complexity index is 372. The van der Waals surface area contributed by atoms with Gasteiger partial charge in [0, 0.05) is 32.8 Å². The van der Waals surface area contributed by atoms with Crippen LogP contribution in [0, 0.1) is 17.2 Å². The topological polar surface area (TPSA) is 56.6 Å². The minimum absolute atomic E-state index is 0.00555.